The molecule has 0 radical (unpaired) electrons. The lowest BCUT2D eigenvalue weighted by Crippen LogP contribution is -2.47. The van der Waals surface area contributed by atoms with Crippen molar-refractivity contribution in [1.29, 1.82) is 0 Å². The molecule has 2 atom stereocenters. The fourth-order valence-corrected chi connectivity index (χ4v) is 5.86. The second kappa shape index (κ2) is 37.8. The summed E-state index contributed by atoms with van der Waals surface area (Å²) in [5.41, 5.74) is 0. The number of ether oxygens (including phenoxy) is 1. The Morgan fingerprint density at radius 3 is 1.67 bits per heavy atom. The molecule has 0 rings (SSSR count). The number of carbonyl (C=O) groups excluding carboxylic acids is 3. The van der Waals surface area contributed by atoms with Gasteiger partial charge in [0, 0.05) is 12.8 Å². The summed E-state index contributed by atoms with van der Waals surface area (Å²) in [5, 5.41) is 22.5. The molecule has 0 aliphatic carbocycles. The Labute approximate surface area is 316 Å². The van der Waals surface area contributed by atoms with Crippen LogP contribution in [0.2, 0.25) is 0 Å². The number of aliphatic carboxylic acids is 1. The molecule has 0 fully saturated rings. The first-order valence-corrected chi connectivity index (χ1v) is 20.9. The summed E-state index contributed by atoms with van der Waals surface area (Å²) < 4.78 is 5.98. The van der Waals surface area contributed by atoms with Crippen molar-refractivity contribution in [3.8, 4) is 0 Å². The van der Waals surface area contributed by atoms with E-state index in [0.29, 0.717) is 12.8 Å². The maximum absolute atomic E-state index is 12.7. The van der Waals surface area contributed by atoms with Gasteiger partial charge in [0.25, 0.3) is 0 Å². The van der Waals surface area contributed by atoms with Gasteiger partial charge in [0.05, 0.1) is 13.2 Å². The van der Waals surface area contributed by atoms with E-state index in [1.165, 1.54) is 64.2 Å². The van der Waals surface area contributed by atoms with Crippen molar-refractivity contribution < 1.29 is 34.1 Å². The summed E-state index contributed by atoms with van der Waals surface area (Å²) in [6.07, 6.45) is 41.7. The van der Waals surface area contributed by atoms with Crippen molar-refractivity contribution in [2.75, 3.05) is 13.2 Å². The Kier molecular flexibility index (Phi) is 35.7. The van der Waals surface area contributed by atoms with Crippen molar-refractivity contribution in [2.24, 2.45) is 0 Å². The lowest BCUT2D eigenvalue weighted by atomic mass is 10.0. The third-order valence-corrected chi connectivity index (χ3v) is 9.11. The number of aliphatic hydroxyl groups is 1. The van der Waals surface area contributed by atoms with Crippen molar-refractivity contribution >= 4 is 23.8 Å². The molecule has 0 heterocycles. The summed E-state index contributed by atoms with van der Waals surface area (Å²) in [4.78, 5) is 47.5. The lowest BCUT2D eigenvalue weighted by Gasteiger charge is -2.18. The molecule has 0 aromatic heterocycles. The van der Waals surface area contributed by atoms with Crippen molar-refractivity contribution in [1.82, 2.24) is 10.6 Å². The van der Waals surface area contributed by atoms with E-state index in [2.05, 4.69) is 60.9 Å². The van der Waals surface area contributed by atoms with E-state index in [1.54, 1.807) is 0 Å². The third kappa shape index (κ3) is 34.2. The van der Waals surface area contributed by atoms with Crippen LogP contribution in [0.25, 0.3) is 0 Å². The normalized spacial score (nSPS) is 12.8. The molecule has 2 amide bonds. The number of rotatable bonds is 37. The van der Waals surface area contributed by atoms with Crippen LogP contribution in [0.1, 0.15) is 187 Å². The van der Waals surface area contributed by atoms with Crippen molar-refractivity contribution in [2.45, 2.75) is 199 Å². The minimum Gasteiger partial charge on any atom is -0.480 e. The number of aliphatic hydroxyl groups excluding tert-OH is 1. The summed E-state index contributed by atoms with van der Waals surface area (Å²) in [7, 11) is 0. The lowest BCUT2D eigenvalue weighted by molar-refractivity contribution is -0.150. The number of unbranched alkanes of at least 4 members (excludes halogenated alkanes) is 17. The molecule has 300 valence electrons. The number of esters is 1. The van der Waals surface area contributed by atoms with E-state index in [1.807, 2.05) is 0 Å². The fourth-order valence-electron chi connectivity index (χ4n) is 5.86. The molecule has 0 spiro atoms. The second-order valence-corrected chi connectivity index (χ2v) is 14.1. The topological polar surface area (TPSA) is 142 Å². The summed E-state index contributed by atoms with van der Waals surface area (Å²) in [6, 6.07) is -1.39. The molecule has 0 saturated heterocycles. The number of hydrogen-bond donors (Lipinski definition) is 4. The summed E-state index contributed by atoms with van der Waals surface area (Å²) in [5.74, 6) is -2.34. The van der Waals surface area contributed by atoms with Gasteiger partial charge in [0.2, 0.25) is 11.8 Å². The molecule has 0 aliphatic heterocycles. The number of carbonyl (C=O) groups is 4. The molecule has 4 N–H and O–H groups in total. The van der Waals surface area contributed by atoms with E-state index >= 15 is 0 Å². The van der Waals surface area contributed by atoms with Crippen LogP contribution in [-0.2, 0) is 23.9 Å². The average molecular weight is 733 g/mol. The molecule has 0 aromatic rings. The van der Waals surface area contributed by atoms with Gasteiger partial charge in [0.15, 0.2) is 0 Å². The van der Waals surface area contributed by atoms with Crippen LogP contribution in [0.3, 0.4) is 0 Å². The number of allylic oxidation sites excluding steroid dienone is 6. The van der Waals surface area contributed by atoms with Gasteiger partial charge >= 0.3 is 11.9 Å². The van der Waals surface area contributed by atoms with Crippen LogP contribution in [-0.4, -0.2) is 59.3 Å². The monoisotopic (exact) mass is 733 g/mol. The Balaban J connectivity index is 4.37. The molecule has 0 saturated carbocycles. The Morgan fingerprint density at radius 2 is 1.06 bits per heavy atom. The van der Waals surface area contributed by atoms with Crippen LogP contribution < -0.4 is 10.6 Å². The Bertz CT molecular complexity index is 979. The predicted molar refractivity (Wildman–Crippen MR) is 213 cm³/mol. The smallest absolute Gasteiger partial charge is 0.328 e. The zero-order valence-corrected chi connectivity index (χ0v) is 33.1. The van der Waals surface area contributed by atoms with Crippen LogP contribution in [0.15, 0.2) is 36.5 Å². The number of amides is 2. The van der Waals surface area contributed by atoms with Crippen LogP contribution in [0.4, 0.5) is 0 Å². The van der Waals surface area contributed by atoms with Crippen molar-refractivity contribution in [3.05, 3.63) is 36.5 Å². The minimum absolute atomic E-state index is 0.0587. The van der Waals surface area contributed by atoms with Gasteiger partial charge in [-0.25, -0.2) is 4.79 Å². The number of carboxylic acids is 1. The molecule has 52 heavy (non-hydrogen) atoms. The summed E-state index contributed by atoms with van der Waals surface area (Å²) >= 11 is 0. The first kappa shape index (κ1) is 49.1. The molecule has 9 nitrogen and oxygen atoms in total. The highest BCUT2D eigenvalue weighted by Gasteiger charge is 2.19. The van der Waals surface area contributed by atoms with Gasteiger partial charge in [-0.15, -0.1) is 0 Å². The molecule has 0 aromatic carbocycles. The summed E-state index contributed by atoms with van der Waals surface area (Å²) in [6.45, 7) is 3.42. The van der Waals surface area contributed by atoms with E-state index in [-0.39, 0.29) is 30.9 Å². The molecular weight excluding hydrogens is 656 g/mol. The highest BCUT2D eigenvalue weighted by molar-refractivity contribution is 5.87. The fraction of sp³-hybridized carbons (Fsp3) is 0.767. The number of nitrogens with one attached hydrogen (secondary N) is 2. The largest absolute Gasteiger partial charge is 0.480 e. The van der Waals surface area contributed by atoms with Gasteiger partial charge in [0.1, 0.15) is 12.1 Å². The maximum atomic E-state index is 12.7. The van der Waals surface area contributed by atoms with Crippen LogP contribution in [0, 0.1) is 0 Å². The molecule has 2 unspecified atom stereocenters. The average Bonchev–Trinajstić information content (AvgIpc) is 3.13. The van der Waals surface area contributed by atoms with Gasteiger partial charge in [-0.1, -0.05) is 121 Å². The van der Waals surface area contributed by atoms with Crippen molar-refractivity contribution in [3.63, 3.8) is 0 Å². The standard InChI is InChI=1S/C43H76N2O7/c1-3-5-7-9-11-13-15-16-18-20-22-27-31-35-42(49)52-38(32-28-24-21-19-17-14-12-10-8-6-4-2)33-29-25-23-26-30-34-40(47)44-36-41(48)45-39(37-46)43(50)51/h12-15,19,21,38-39,46H,3-11,16-18,20,22-37H2,1-2H3,(H,44,47)(H,45,48)(H,50,51)/b14-12-,15-13-,21-19-. The second-order valence-electron chi connectivity index (χ2n) is 14.1. The SMILES string of the molecule is CCCCC/C=C\C/C=C\CCCC(CCCCCCCC(=O)NCC(=O)NC(CO)C(=O)O)OC(=O)CCCCCCC/C=C\CCCCCC. The Morgan fingerprint density at radius 1 is 0.577 bits per heavy atom. The van der Waals surface area contributed by atoms with Crippen LogP contribution >= 0.6 is 0 Å². The molecular formula is C43H76N2O7. The Hall–Kier alpha value is -2.94. The first-order chi connectivity index (χ1) is 25.3. The van der Waals surface area contributed by atoms with Gasteiger partial charge in [-0.2, -0.15) is 0 Å². The molecule has 0 bridgehead atoms. The van der Waals surface area contributed by atoms with Gasteiger partial charge in [-0.3, -0.25) is 14.4 Å². The van der Waals surface area contributed by atoms with Gasteiger partial charge < -0.3 is 25.6 Å². The zero-order chi connectivity index (χ0) is 38.3. The van der Waals surface area contributed by atoms with E-state index in [4.69, 9.17) is 14.9 Å². The minimum atomic E-state index is -1.39. The first-order valence-electron chi connectivity index (χ1n) is 20.9. The van der Waals surface area contributed by atoms with Gasteiger partial charge in [-0.05, 0) is 89.9 Å². The number of hydrogen-bond acceptors (Lipinski definition) is 6. The van der Waals surface area contributed by atoms with E-state index in [0.717, 1.165) is 89.9 Å². The van der Waals surface area contributed by atoms with E-state index in [9.17, 15) is 19.2 Å². The number of carboxylic acid groups (broad SMARTS) is 1. The highest BCUT2D eigenvalue weighted by Crippen LogP contribution is 2.17. The molecule has 9 heteroatoms. The van der Waals surface area contributed by atoms with E-state index < -0.39 is 24.5 Å². The highest BCUT2D eigenvalue weighted by atomic mass is 16.5. The molecule has 0 aliphatic rings. The predicted octanol–water partition coefficient (Wildman–Crippen LogP) is 9.82. The maximum Gasteiger partial charge on any atom is 0.328 e. The quantitative estimate of drug-likeness (QED) is 0.0283. The zero-order valence-electron chi connectivity index (χ0n) is 33.1. The van der Waals surface area contributed by atoms with Crippen LogP contribution in [0.5, 0.6) is 0 Å². The third-order valence-electron chi connectivity index (χ3n) is 9.11.